The molecule has 0 saturated heterocycles. The summed E-state index contributed by atoms with van der Waals surface area (Å²) in [4.78, 5) is 9.19. The quantitative estimate of drug-likeness (QED) is 0.842. The Morgan fingerprint density at radius 3 is 2.30 bits per heavy atom. The lowest BCUT2D eigenvalue weighted by Crippen LogP contribution is -2.20. The van der Waals surface area contributed by atoms with Crippen molar-refractivity contribution in [3.05, 3.63) is 66.3 Å². The van der Waals surface area contributed by atoms with Crippen molar-refractivity contribution >= 4 is 16.7 Å². The van der Waals surface area contributed by atoms with Gasteiger partial charge in [-0.25, -0.2) is 0 Å². The van der Waals surface area contributed by atoms with Gasteiger partial charge in [0.15, 0.2) is 0 Å². The minimum atomic E-state index is -0.482. The smallest absolute Gasteiger partial charge is 0.0996 e. The van der Waals surface area contributed by atoms with Crippen LogP contribution in [-0.4, -0.2) is 16.6 Å². The molecule has 2 aromatic heterocycles. The normalized spacial score (nSPS) is 25.5. The standard InChI is InChI=1S/C16H15FN2S/c1-16(11-17)10-14(12-2-6-18-7-3-12)20-15(16)13-4-8-19-9-5-13/h2-10,15H,11H2,1H3. The second kappa shape index (κ2) is 5.37. The summed E-state index contributed by atoms with van der Waals surface area (Å²) in [6, 6.07) is 7.86. The van der Waals surface area contributed by atoms with Gasteiger partial charge in [-0.3, -0.25) is 14.4 Å². The van der Waals surface area contributed by atoms with Crippen LogP contribution in [0.1, 0.15) is 23.3 Å². The molecular weight excluding hydrogens is 271 g/mol. The van der Waals surface area contributed by atoms with E-state index in [1.165, 1.54) is 0 Å². The average Bonchev–Trinajstić information content (AvgIpc) is 2.88. The van der Waals surface area contributed by atoms with E-state index < -0.39 is 5.41 Å². The number of hydrogen-bond donors (Lipinski definition) is 0. The highest BCUT2D eigenvalue weighted by Crippen LogP contribution is 2.57. The predicted molar refractivity (Wildman–Crippen MR) is 80.9 cm³/mol. The number of rotatable bonds is 3. The molecular formula is C16H15FN2S. The Hall–Kier alpha value is -1.68. The van der Waals surface area contributed by atoms with Crippen molar-refractivity contribution in [1.82, 2.24) is 9.97 Å². The van der Waals surface area contributed by atoms with Crippen molar-refractivity contribution in [2.45, 2.75) is 12.2 Å². The van der Waals surface area contributed by atoms with Crippen LogP contribution in [0.15, 0.2) is 55.1 Å². The first-order valence-electron chi connectivity index (χ1n) is 6.49. The third-order valence-corrected chi connectivity index (χ3v) is 5.22. The van der Waals surface area contributed by atoms with E-state index in [-0.39, 0.29) is 11.9 Å². The molecule has 2 atom stereocenters. The van der Waals surface area contributed by atoms with Crippen LogP contribution in [0.2, 0.25) is 0 Å². The van der Waals surface area contributed by atoms with Crippen molar-refractivity contribution in [2.75, 3.05) is 6.67 Å². The molecule has 0 amide bonds. The van der Waals surface area contributed by atoms with Crippen LogP contribution in [0.25, 0.3) is 4.91 Å². The molecule has 0 saturated carbocycles. The highest BCUT2D eigenvalue weighted by atomic mass is 32.2. The summed E-state index contributed by atoms with van der Waals surface area (Å²) in [7, 11) is 0. The molecule has 2 aromatic rings. The van der Waals surface area contributed by atoms with E-state index in [0.717, 1.165) is 16.0 Å². The first kappa shape index (κ1) is 13.3. The van der Waals surface area contributed by atoms with Gasteiger partial charge in [0.2, 0.25) is 0 Å². The number of aromatic nitrogens is 2. The zero-order valence-corrected chi connectivity index (χ0v) is 12.0. The first-order chi connectivity index (χ1) is 9.73. The van der Waals surface area contributed by atoms with Crippen molar-refractivity contribution in [1.29, 1.82) is 0 Å². The molecule has 0 N–H and O–H groups in total. The average molecular weight is 286 g/mol. The van der Waals surface area contributed by atoms with Crippen molar-refractivity contribution < 1.29 is 4.39 Å². The lowest BCUT2D eigenvalue weighted by molar-refractivity contribution is 0.294. The topological polar surface area (TPSA) is 25.8 Å². The van der Waals surface area contributed by atoms with Crippen molar-refractivity contribution in [3.63, 3.8) is 0 Å². The second-order valence-corrected chi connectivity index (χ2v) is 6.31. The summed E-state index contributed by atoms with van der Waals surface area (Å²) < 4.78 is 13.6. The number of halogens is 1. The molecule has 0 bridgehead atoms. The molecule has 0 fully saturated rings. The van der Waals surface area contributed by atoms with Gasteiger partial charge >= 0.3 is 0 Å². The summed E-state index contributed by atoms with van der Waals surface area (Å²) in [5.41, 5.74) is 1.73. The summed E-state index contributed by atoms with van der Waals surface area (Å²) in [6.07, 6.45) is 9.11. The van der Waals surface area contributed by atoms with Gasteiger partial charge in [0, 0.05) is 40.4 Å². The fourth-order valence-corrected chi connectivity index (χ4v) is 3.99. The maximum absolute atomic E-state index is 13.6. The Kier molecular flexibility index (Phi) is 3.57. The molecule has 3 rings (SSSR count). The lowest BCUT2D eigenvalue weighted by atomic mass is 9.84. The van der Waals surface area contributed by atoms with E-state index in [9.17, 15) is 4.39 Å². The fourth-order valence-electron chi connectivity index (χ4n) is 2.43. The van der Waals surface area contributed by atoms with Gasteiger partial charge in [0.1, 0.15) is 0 Å². The number of allylic oxidation sites excluding steroid dienone is 1. The molecule has 0 aliphatic carbocycles. The maximum atomic E-state index is 13.6. The molecule has 102 valence electrons. The van der Waals surface area contributed by atoms with Gasteiger partial charge in [-0.1, -0.05) is 13.0 Å². The molecule has 4 heteroatoms. The largest absolute Gasteiger partial charge is 0.265 e. The lowest BCUT2D eigenvalue weighted by Gasteiger charge is -2.26. The summed E-state index contributed by atoms with van der Waals surface area (Å²) in [6.45, 7) is 1.60. The third kappa shape index (κ3) is 2.36. The van der Waals surface area contributed by atoms with Gasteiger partial charge in [-0.2, -0.15) is 0 Å². The Morgan fingerprint density at radius 1 is 1.10 bits per heavy atom. The number of nitrogens with zero attached hydrogens (tertiary/aromatic N) is 2. The van der Waals surface area contributed by atoms with Crippen LogP contribution in [0.5, 0.6) is 0 Å². The minimum absolute atomic E-state index is 0.0821. The zero-order chi connectivity index (χ0) is 14.0. The fraction of sp³-hybridized carbons (Fsp3) is 0.250. The number of hydrogen-bond acceptors (Lipinski definition) is 3. The predicted octanol–water partition coefficient (Wildman–Crippen LogP) is 4.28. The number of thioether (sulfide) groups is 1. The highest BCUT2D eigenvalue weighted by Gasteiger charge is 2.40. The van der Waals surface area contributed by atoms with Gasteiger partial charge < -0.3 is 0 Å². The monoisotopic (exact) mass is 286 g/mol. The molecule has 0 radical (unpaired) electrons. The minimum Gasteiger partial charge on any atom is -0.265 e. The first-order valence-corrected chi connectivity index (χ1v) is 7.37. The maximum Gasteiger partial charge on any atom is 0.0996 e. The number of pyridine rings is 2. The van der Waals surface area contributed by atoms with E-state index >= 15 is 0 Å². The third-order valence-electron chi connectivity index (χ3n) is 3.57. The van der Waals surface area contributed by atoms with E-state index in [2.05, 4.69) is 16.0 Å². The van der Waals surface area contributed by atoms with Crippen LogP contribution in [-0.2, 0) is 0 Å². The van der Waals surface area contributed by atoms with Crippen LogP contribution >= 0.6 is 11.8 Å². The van der Waals surface area contributed by atoms with Crippen LogP contribution in [0.3, 0.4) is 0 Å². The van der Waals surface area contributed by atoms with E-state index in [4.69, 9.17) is 0 Å². The van der Waals surface area contributed by atoms with E-state index in [1.807, 2.05) is 31.2 Å². The van der Waals surface area contributed by atoms with Gasteiger partial charge in [-0.05, 0) is 35.4 Å². The second-order valence-electron chi connectivity index (χ2n) is 5.16. The molecule has 20 heavy (non-hydrogen) atoms. The molecule has 0 spiro atoms. The summed E-state index contributed by atoms with van der Waals surface area (Å²) in [5.74, 6) is 0. The van der Waals surface area contributed by atoms with Crippen LogP contribution in [0, 0.1) is 5.41 Å². The van der Waals surface area contributed by atoms with Crippen molar-refractivity contribution in [2.24, 2.45) is 5.41 Å². The van der Waals surface area contributed by atoms with Crippen LogP contribution < -0.4 is 0 Å². The number of alkyl halides is 1. The molecule has 0 aromatic carbocycles. The van der Waals surface area contributed by atoms with Gasteiger partial charge in [0.05, 0.1) is 6.67 Å². The van der Waals surface area contributed by atoms with Gasteiger partial charge in [-0.15, -0.1) is 11.8 Å². The Labute approximate surface area is 122 Å². The Balaban J connectivity index is 1.97. The van der Waals surface area contributed by atoms with E-state index in [1.54, 1.807) is 36.5 Å². The van der Waals surface area contributed by atoms with Gasteiger partial charge in [0.25, 0.3) is 0 Å². The Morgan fingerprint density at radius 2 is 1.70 bits per heavy atom. The Bertz CT molecular complexity index is 615. The van der Waals surface area contributed by atoms with E-state index in [0.29, 0.717) is 0 Å². The zero-order valence-electron chi connectivity index (χ0n) is 11.2. The SMILES string of the molecule is CC1(CF)C=C(c2ccncc2)SC1c1ccncc1. The highest BCUT2D eigenvalue weighted by molar-refractivity contribution is 8.08. The molecule has 1 aliphatic heterocycles. The van der Waals surface area contributed by atoms with Crippen molar-refractivity contribution in [3.8, 4) is 0 Å². The molecule has 3 heterocycles. The van der Waals surface area contributed by atoms with Crippen LogP contribution in [0.4, 0.5) is 4.39 Å². The molecule has 2 unspecified atom stereocenters. The molecule has 1 aliphatic rings. The molecule has 2 nitrogen and oxygen atoms in total. The summed E-state index contributed by atoms with van der Waals surface area (Å²) in [5, 5.41) is 0.0821. The summed E-state index contributed by atoms with van der Waals surface area (Å²) >= 11 is 1.71.